The second kappa shape index (κ2) is 8.08. The molecule has 0 saturated heterocycles. The number of imide groups is 1. The molecule has 0 atom stereocenters. The van der Waals surface area contributed by atoms with E-state index in [1.165, 1.54) is 13.3 Å². The minimum atomic E-state index is -0.538. The molecule has 2 N–H and O–H groups in total. The molecule has 23 heavy (non-hydrogen) atoms. The van der Waals surface area contributed by atoms with Crippen molar-refractivity contribution in [1.82, 2.24) is 25.7 Å². The van der Waals surface area contributed by atoms with Gasteiger partial charge in [-0.2, -0.15) is 0 Å². The lowest BCUT2D eigenvalue weighted by atomic mass is 10.3. The van der Waals surface area contributed by atoms with Gasteiger partial charge < -0.3 is 14.2 Å². The molecule has 2 aromatic heterocycles. The monoisotopic (exact) mass is 321 g/mol. The topological polar surface area (TPSA) is 114 Å². The third-order valence-electron chi connectivity index (χ3n) is 2.94. The molecule has 0 saturated carbocycles. The van der Waals surface area contributed by atoms with Crippen molar-refractivity contribution < 1.29 is 18.4 Å². The van der Waals surface area contributed by atoms with Crippen LogP contribution < -0.4 is 10.6 Å². The summed E-state index contributed by atoms with van der Waals surface area (Å²) in [6.45, 7) is 3.01. The Morgan fingerprint density at radius 3 is 2.83 bits per heavy atom. The standard InChI is InChI=1S/C14H19N5O4/c1-3-6-19(8-11(20)16-14(21)15-2)9-12-17-18-13(23-12)10-5-4-7-22-10/h4-5,7H,3,6,8-9H2,1-2H3,(H2,15,16,20,21). The number of aromatic nitrogens is 2. The van der Waals surface area contributed by atoms with E-state index in [4.69, 9.17) is 8.83 Å². The maximum atomic E-state index is 11.8. The molecule has 0 aliphatic heterocycles. The van der Waals surface area contributed by atoms with Gasteiger partial charge in [0, 0.05) is 7.05 Å². The van der Waals surface area contributed by atoms with Gasteiger partial charge in [0.1, 0.15) is 0 Å². The van der Waals surface area contributed by atoms with Gasteiger partial charge in [0.15, 0.2) is 5.76 Å². The van der Waals surface area contributed by atoms with Gasteiger partial charge in [0.2, 0.25) is 11.8 Å². The van der Waals surface area contributed by atoms with Gasteiger partial charge in [-0.25, -0.2) is 4.79 Å². The quantitative estimate of drug-likeness (QED) is 0.782. The van der Waals surface area contributed by atoms with Crippen LogP contribution in [0.3, 0.4) is 0 Å². The third kappa shape index (κ3) is 4.92. The summed E-state index contributed by atoms with van der Waals surface area (Å²) < 4.78 is 10.7. The minimum absolute atomic E-state index is 0.0553. The van der Waals surface area contributed by atoms with Crippen LogP contribution in [0.15, 0.2) is 27.2 Å². The van der Waals surface area contributed by atoms with Crippen molar-refractivity contribution in [1.29, 1.82) is 0 Å². The van der Waals surface area contributed by atoms with E-state index in [1.54, 1.807) is 12.1 Å². The predicted molar refractivity (Wildman–Crippen MR) is 80.2 cm³/mol. The average molecular weight is 321 g/mol. The van der Waals surface area contributed by atoms with Crippen molar-refractivity contribution in [2.45, 2.75) is 19.9 Å². The van der Waals surface area contributed by atoms with Gasteiger partial charge in [0.25, 0.3) is 5.89 Å². The SMILES string of the molecule is CCCN(CC(=O)NC(=O)NC)Cc1nnc(-c2ccco2)o1. The number of carbonyl (C=O) groups excluding carboxylic acids is 2. The van der Waals surface area contributed by atoms with Crippen LogP contribution in [0.5, 0.6) is 0 Å². The Kier molecular flexibility index (Phi) is 5.87. The lowest BCUT2D eigenvalue weighted by Crippen LogP contribution is -2.43. The van der Waals surface area contributed by atoms with Crippen molar-refractivity contribution >= 4 is 11.9 Å². The van der Waals surface area contributed by atoms with Gasteiger partial charge in [-0.1, -0.05) is 6.92 Å². The second-order valence-corrected chi connectivity index (χ2v) is 4.82. The molecule has 2 heterocycles. The predicted octanol–water partition coefficient (Wildman–Crippen LogP) is 0.997. The van der Waals surface area contributed by atoms with Crippen molar-refractivity contribution in [3.63, 3.8) is 0 Å². The summed E-state index contributed by atoms with van der Waals surface area (Å²) >= 11 is 0. The zero-order valence-corrected chi connectivity index (χ0v) is 13.0. The second-order valence-electron chi connectivity index (χ2n) is 4.82. The highest BCUT2D eigenvalue weighted by molar-refractivity contribution is 5.95. The summed E-state index contributed by atoms with van der Waals surface area (Å²) in [5.74, 6) is 0.751. The molecule has 0 bridgehead atoms. The van der Waals surface area contributed by atoms with Crippen molar-refractivity contribution in [3.05, 3.63) is 24.3 Å². The Hall–Kier alpha value is -2.68. The molecule has 2 aromatic rings. The van der Waals surface area contributed by atoms with Crippen LogP contribution >= 0.6 is 0 Å². The summed E-state index contributed by atoms with van der Waals surface area (Å²) in [5.41, 5.74) is 0. The Bertz CT molecular complexity index is 637. The summed E-state index contributed by atoms with van der Waals surface area (Å²) in [6, 6.07) is 2.91. The Balaban J connectivity index is 1.96. The Morgan fingerprint density at radius 2 is 2.17 bits per heavy atom. The van der Waals surface area contributed by atoms with Crippen molar-refractivity contribution in [2.75, 3.05) is 20.1 Å². The largest absolute Gasteiger partial charge is 0.459 e. The first-order valence-corrected chi connectivity index (χ1v) is 7.22. The fourth-order valence-electron chi connectivity index (χ4n) is 1.97. The molecule has 3 amide bonds. The van der Waals surface area contributed by atoms with E-state index in [1.807, 2.05) is 11.8 Å². The number of nitrogens with one attached hydrogen (secondary N) is 2. The third-order valence-corrected chi connectivity index (χ3v) is 2.94. The van der Waals surface area contributed by atoms with Crippen LogP contribution in [0.4, 0.5) is 4.79 Å². The average Bonchev–Trinajstić information content (AvgIpc) is 3.17. The normalized spacial score (nSPS) is 10.7. The molecule has 9 heteroatoms. The van der Waals surface area contributed by atoms with Gasteiger partial charge in [-0.05, 0) is 25.1 Å². The van der Waals surface area contributed by atoms with E-state index in [0.29, 0.717) is 24.7 Å². The highest BCUT2D eigenvalue weighted by Crippen LogP contribution is 2.18. The number of hydrogen-bond acceptors (Lipinski definition) is 7. The lowest BCUT2D eigenvalue weighted by Gasteiger charge is -2.18. The zero-order chi connectivity index (χ0) is 16.7. The summed E-state index contributed by atoms with van der Waals surface area (Å²) in [6.07, 6.45) is 2.36. The van der Waals surface area contributed by atoms with Gasteiger partial charge in [-0.15, -0.1) is 10.2 Å². The first-order chi connectivity index (χ1) is 11.1. The van der Waals surface area contributed by atoms with E-state index < -0.39 is 11.9 Å². The molecule has 0 aliphatic carbocycles. The maximum Gasteiger partial charge on any atom is 0.321 e. The van der Waals surface area contributed by atoms with E-state index in [0.717, 1.165) is 6.42 Å². The van der Waals surface area contributed by atoms with Crippen LogP contribution in [0, 0.1) is 0 Å². The fourth-order valence-corrected chi connectivity index (χ4v) is 1.97. The van der Waals surface area contributed by atoms with Crippen molar-refractivity contribution in [2.24, 2.45) is 0 Å². The molecular formula is C14H19N5O4. The molecule has 0 fully saturated rings. The van der Waals surface area contributed by atoms with E-state index in [2.05, 4.69) is 20.8 Å². The maximum absolute atomic E-state index is 11.8. The number of rotatable bonds is 7. The summed E-state index contributed by atoms with van der Waals surface area (Å²) in [4.78, 5) is 24.7. The van der Waals surface area contributed by atoms with E-state index in [9.17, 15) is 9.59 Å². The van der Waals surface area contributed by atoms with Crippen LogP contribution in [0.2, 0.25) is 0 Å². The molecule has 0 spiro atoms. The number of urea groups is 1. The van der Waals surface area contributed by atoms with Gasteiger partial charge >= 0.3 is 6.03 Å². The smallest absolute Gasteiger partial charge is 0.321 e. The van der Waals surface area contributed by atoms with Crippen molar-refractivity contribution in [3.8, 4) is 11.7 Å². The first-order valence-electron chi connectivity index (χ1n) is 7.22. The Labute approximate surface area is 133 Å². The molecule has 0 aliphatic rings. The van der Waals surface area contributed by atoms with Crippen LogP contribution in [0.25, 0.3) is 11.7 Å². The van der Waals surface area contributed by atoms with Crippen LogP contribution in [0.1, 0.15) is 19.2 Å². The molecule has 124 valence electrons. The minimum Gasteiger partial charge on any atom is -0.459 e. The summed E-state index contributed by atoms with van der Waals surface area (Å²) in [5, 5.41) is 12.4. The Morgan fingerprint density at radius 1 is 1.35 bits per heavy atom. The van der Waals surface area contributed by atoms with Gasteiger partial charge in [-0.3, -0.25) is 15.0 Å². The molecule has 0 unspecified atom stereocenters. The van der Waals surface area contributed by atoms with Crippen LogP contribution in [-0.4, -0.2) is 47.2 Å². The van der Waals surface area contributed by atoms with Gasteiger partial charge in [0.05, 0.1) is 19.4 Å². The van der Waals surface area contributed by atoms with E-state index >= 15 is 0 Å². The number of hydrogen-bond donors (Lipinski definition) is 2. The lowest BCUT2D eigenvalue weighted by molar-refractivity contribution is -0.121. The molecule has 0 radical (unpaired) electrons. The summed E-state index contributed by atoms with van der Waals surface area (Å²) in [7, 11) is 1.45. The number of nitrogens with zero attached hydrogens (tertiary/aromatic N) is 3. The molecule has 0 aromatic carbocycles. The highest BCUT2D eigenvalue weighted by atomic mass is 16.4. The molecule has 9 nitrogen and oxygen atoms in total. The highest BCUT2D eigenvalue weighted by Gasteiger charge is 2.17. The first kappa shape index (κ1) is 16.7. The van der Waals surface area contributed by atoms with Crippen LogP contribution in [-0.2, 0) is 11.3 Å². The number of carbonyl (C=O) groups is 2. The molecule has 2 rings (SSSR count). The number of furan rings is 1. The van der Waals surface area contributed by atoms with E-state index in [-0.39, 0.29) is 12.4 Å². The fraction of sp³-hybridized carbons (Fsp3) is 0.429. The molecular weight excluding hydrogens is 302 g/mol. The number of amides is 3. The zero-order valence-electron chi connectivity index (χ0n) is 13.0.